The van der Waals surface area contributed by atoms with Gasteiger partial charge < -0.3 is 20.1 Å². The Bertz CT molecular complexity index is 926. The summed E-state index contributed by atoms with van der Waals surface area (Å²) in [6, 6.07) is 0. The van der Waals surface area contributed by atoms with Gasteiger partial charge in [-0.25, -0.2) is 4.79 Å². The summed E-state index contributed by atoms with van der Waals surface area (Å²) in [5.41, 5.74) is -2.36. The molecule has 31 heavy (non-hydrogen) atoms. The number of allylic oxidation sites excluding steroid dienone is 2. The number of Topliss-reactive ketones (excluding diaryl/α,β-unsaturated/α-hetero) is 1. The molecule has 0 aromatic carbocycles. The maximum absolute atomic E-state index is 14.2. The summed E-state index contributed by atoms with van der Waals surface area (Å²) in [6.07, 6.45) is 3.04. The number of hydrogen-bond acceptors (Lipinski definition) is 6. The molecule has 0 unspecified atom stereocenters. The summed E-state index contributed by atoms with van der Waals surface area (Å²) in [5, 5.41) is 33.7. The average Bonchev–Trinajstić information content (AvgIpc) is 3.21. The van der Waals surface area contributed by atoms with Crippen LogP contribution in [0.1, 0.15) is 48.0 Å². The molecule has 4 aliphatic rings. The highest BCUT2D eigenvalue weighted by atomic mass is 16.6. The van der Waals surface area contributed by atoms with Crippen molar-refractivity contribution < 1.29 is 29.6 Å². The first-order valence-corrected chi connectivity index (χ1v) is 11.2. The lowest BCUT2D eigenvalue weighted by Crippen LogP contribution is -2.65. The third-order valence-corrected chi connectivity index (χ3v) is 8.88. The molecule has 1 spiro atoms. The van der Waals surface area contributed by atoms with Crippen LogP contribution >= 0.6 is 0 Å². The molecule has 6 nitrogen and oxygen atoms in total. The van der Waals surface area contributed by atoms with Gasteiger partial charge in [-0.15, -0.1) is 0 Å². The molecule has 0 aromatic heterocycles. The molecule has 2 saturated carbocycles. The summed E-state index contributed by atoms with van der Waals surface area (Å²) in [6.45, 7) is 10.8. The van der Waals surface area contributed by atoms with Crippen molar-refractivity contribution in [3.05, 3.63) is 34.9 Å². The second-order valence-electron chi connectivity index (χ2n) is 10.6. The fourth-order valence-electron chi connectivity index (χ4n) is 6.91. The Balaban J connectivity index is 1.91. The van der Waals surface area contributed by atoms with E-state index in [9.17, 15) is 24.9 Å². The Morgan fingerprint density at radius 1 is 1.35 bits per heavy atom. The van der Waals surface area contributed by atoms with Crippen molar-refractivity contribution in [3.63, 3.8) is 0 Å². The normalized spacial score (nSPS) is 45.6. The molecular formula is C25H34O6. The van der Waals surface area contributed by atoms with Gasteiger partial charge in [0.25, 0.3) is 0 Å². The lowest BCUT2D eigenvalue weighted by atomic mass is 9.59. The van der Waals surface area contributed by atoms with Gasteiger partial charge in [0.15, 0.2) is 17.5 Å². The Kier molecular flexibility index (Phi) is 4.97. The van der Waals surface area contributed by atoms with E-state index in [1.165, 1.54) is 0 Å². The van der Waals surface area contributed by atoms with Gasteiger partial charge in [-0.05, 0) is 61.5 Å². The number of carbonyl (C=O) groups excluding carboxylic acids is 2. The zero-order valence-corrected chi connectivity index (χ0v) is 19.2. The first-order valence-electron chi connectivity index (χ1n) is 11.2. The standard InChI is InChI=1S/C25H34O6/c1-7-12(2)22(29)31-21-13(3)10-24-14(4)8-17-18(23(17,5)6)16(20(24)28)9-15(11-26)19(27)25(21,24)30/h7,9-10,14,16-19,21,26-27,30H,8,11H2,1-6H3/b12-7-/t14-,16+,17-,18+,19-,21+,24+,25+/m0/s1. The van der Waals surface area contributed by atoms with Crippen molar-refractivity contribution in [2.24, 2.45) is 34.5 Å². The van der Waals surface area contributed by atoms with Crippen LogP contribution in [0.5, 0.6) is 0 Å². The molecule has 170 valence electrons. The highest BCUT2D eigenvalue weighted by Crippen LogP contribution is 2.71. The van der Waals surface area contributed by atoms with E-state index in [2.05, 4.69) is 13.8 Å². The molecule has 0 radical (unpaired) electrons. The molecule has 0 saturated heterocycles. The van der Waals surface area contributed by atoms with Crippen LogP contribution in [0.2, 0.25) is 0 Å². The fourth-order valence-corrected chi connectivity index (χ4v) is 6.91. The number of esters is 1. The van der Waals surface area contributed by atoms with E-state index >= 15 is 0 Å². The van der Waals surface area contributed by atoms with Gasteiger partial charge in [0, 0.05) is 11.5 Å². The molecule has 0 amide bonds. The van der Waals surface area contributed by atoms with E-state index in [0.29, 0.717) is 17.1 Å². The van der Waals surface area contributed by atoms with Crippen molar-refractivity contribution in [3.8, 4) is 0 Å². The second-order valence-corrected chi connectivity index (χ2v) is 10.6. The maximum Gasteiger partial charge on any atom is 0.334 e. The molecule has 4 aliphatic carbocycles. The molecule has 0 aliphatic heterocycles. The van der Waals surface area contributed by atoms with Crippen LogP contribution in [0.4, 0.5) is 0 Å². The number of fused-ring (bicyclic) bond motifs is 3. The van der Waals surface area contributed by atoms with Gasteiger partial charge >= 0.3 is 5.97 Å². The average molecular weight is 431 g/mol. The molecule has 2 bridgehead atoms. The van der Waals surface area contributed by atoms with Gasteiger partial charge in [-0.1, -0.05) is 39.0 Å². The predicted molar refractivity (Wildman–Crippen MR) is 115 cm³/mol. The SMILES string of the molecule is C/C=C(/C)C(=O)O[C@@H]1C(C)=C[C@@]23C(=O)[C@H](C=C(CO)[C@H](O)[C@@]12O)[C@@H]1[C@H](C[C@@H]3C)C1(C)C. The van der Waals surface area contributed by atoms with Crippen LogP contribution in [0.25, 0.3) is 0 Å². The Morgan fingerprint density at radius 2 is 2.00 bits per heavy atom. The van der Waals surface area contributed by atoms with Crippen LogP contribution in [0.15, 0.2) is 34.9 Å². The Hall–Kier alpha value is -1.76. The predicted octanol–water partition coefficient (Wildman–Crippen LogP) is 2.33. The minimum atomic E-state index is -2.08. The molecule has 0 heterocycles. The van der Waals surface area contributed by atoms with Crippen molar-refractivity contribution in [1.82, 2.24) is 0 Å². The van der Waals surface area contributed by atoms with Crippen molar-refractivity contribution in [1.29, 1.82) is 0 Å². The van der Waals surface area contributed by atoms with Gasteiger partial charge in [0.2, 0.25) is 0 Å². The smallest absolute Gasteiger partial charge is 0.334 e. The third-order valence-electron chi connectivity index (χ3n) is 8.88. The fraction of sp³-hybridized carbons (Fsp3) is 0.680. The van der Waals surface area contributed by atoms with Crippen LogP contribution in [0.3, 0.4) is 0 Å². The zero-order chi connectivity index (χ0) is 23.1. The van der Waals surface area contributed by atoms with Crippen LogP contribution in [-0.4, -0.2) is 51.5 Å². The monoisotopic (exact) mass is 430 g/mol. The van der Waals surface area contributed by atoms with E-state index in [0.717, 1.165) is 6.42 Å². The molecule has 8 atom stereocenters. The molecule has 3 N–H and O–H groups in total. The maximum atomic E-state index is 14.2. The topological polar surface area (TPSA) is 104 Å². The number of hydrogen-bond donors (Lipinski definition) is 3. The number of ketones is 1. The van der Waals surface area contributed by atoms with Crippen LogP contribution in [-0.2, 0) is 14.3 Å². The number of aliphatic hydroxyl groups excluding tert-OH is 2. The second kappa shape index (κ2) is 6.87. The van der Waals surface area contributed by atoms with Gasteiger partial charge in [0.05, 0.1) is 12.0 Å². The first kappa shape index (κ1) is 22.4. The minimum Gasteiger partial charge on any atom is -0.451 e. The molecule has 2 fully saturated rings. The Morgan fingerprint density at radius 3 is 2.58 bits per heavy atom. The lowest BCUT2D eigenvalue weighted by Gasteiger charge is -2.48. The van der Waals surface area contributed by atoms with Crippen LogP contribution < -0.4 is 0 Å². The number of aliphatic hydroxyl groups is 3. The highest BCUT2D eigenvalue weighted by Gasteiger charge is 2.76. The zero-order valence-electron chi connectivity index (χ0n) is 19.2. The number of ether oxygens (including phenoxy) is 1. The number of carbonyl (C=O) groups is 2. The van der Waals surface area contributed by atoms with Crippen LogP contribution in [0, 0.1) is 34.5 Å². The van der Waals surface area contributed by atoms with Gasteiger partial charge in [0.1, 0.15) is 6.10 Å². The van der Waals surface area contributed by atoms with Crippen molar-refractivity contribution >= 4 is 11.8 Å². The summed E-state index contributed by atoms with van der Waals surface area (Å²) in [5.74, 6) is -1.13. The molecular weight excluding hydrogens is 396 g/mol. The van der Waals surface area contributed by atoms with E-state index in [1.807, 2.05) is 6.92 Å². The Labute approximate surface area is 183 Å². The van der Waals surface area contributed by atoms with E-state index in [-0.39, 0.29) is 28.6 Å². The summed E-state index contributed by atoms with van der Waals surface area (Å²) >= 11 is 0. The number of rotatable bonds is 3. The largest absolute Gasteiger partial charge is 0.451 e. The molecule has 4 rings (SSSR count). The summed E-state index contributed by atoms with van der Waals surface area (Å²) in [7, 11) is 0. The van der Waals surface area contributed by atoms with E-state index < -0.39 is 41.7 Å². The van der Waals surface area contributed by atoms with Crippen molar-refractivity contribution in [2.45, 2.75) is 65.8 Å². The summed E-state index contributed by atoms with van der Waals surface area (Å²) in [4.78, 5) is 26.8. The quantitative estimate of drug-likeness (QED) is 0.361. The molecule has 0 aromatic rings. The molecule has 6 heteroatoms. The van der Waals surface area contributed by atoms with E-state index in [1.54, 1.807) is 39.0 Å². The van der Waals surface area contributed by atoms with E-state index in [4.69, 9.17) is 4.74 Å². The third kappa shape index (κ3) is 2.61. The van der Waals surface area contributed by atoms with Gasteiger partial charge in [-0.2, -0.15) is 0 Å². The van der Waals surface area contributed by atoms with Crippen molar-refractivity contribution in [2.75, 3.05) is 6.61 Å². The first-order chi connectivity index (χ1) is 14.4. The summed E-state index contributed by atoms with van der Waals surface area (Å²) < 4.78 is 5.72. The highest BCUT2D eigenvalue weighted by molar-refractivity contribution is 5.96. The minimum absolute atomic E-state index is 0.0209. The lowest BCUT2D eigenvalue weighted by molar-refractivity contribution is -0.201. The van der Waals surface area contributed by atoms with Gasteiger partial charge in [-0.3, -0.25) is 4.79 Å².